The molecule has 1 aromatic carbocycles. The van der Waals surface area contributed by atoms with Gasteiger partial charge in [0.05, 0.1) is 17.5 Å². The number of rotatable bonds is 15. The van der Waals surface area contributed by atoms with Crippen molar-refractivity contribution in [2.75, 3.05) is 49.6 Å². The summed E-state index contributed by atoms with van der Waals surface area (Å²) in [5.41, 5.74) is 6.73. The van der Waals surface area contributed by atoms with Crippen LogP contribution in [0.2, 0.25) is 51.4 Å². The van der Waals surface area contributed by atoms with E-state index in [9.17, 15) is 0 Å². The third kappa shape index (κ3) is 9.19. The quantitative estimate of drug-likeness (QED) is 0.0711. The summed E-state index contributed by atoms with van der Waals surface area (Å²) in [5, 5.41) is 4.99. The minimum absolute atomic E-state index is 0.402. The van der Waals surface area contributed by atoms with Crippen LogP contribution in [-0.2, 0) is 9.47 Å². The highest BCUT2D eigenvalue weighted by molar-refractivity contribution is 6.76. The van der Waals surface area contributed by atoms with E-state index < -0.39 is 16.1 Å². The molecule has 1 aliphatic rings. The molecule has 1 saturated heterocycles. The highest BCUT2D eigenvalue weighted by Gasteiger charge is 2.28. The molecule has 0 bridgehead atoms. The van der Waals surface area contributed by atoms with Crippen LogP contribution in [0.3, 0.4) is 0 Å². The Hall–Kier alpha value is -3.32. The largest absolute Gasteiger partial charge is 0.361 e. The van der Waals surface area contributed by atoms with Crippen LogP contribution >= 0.6 is 0 Å². The van der Waals surface area contributed by atoms with Crippen molar-refractivity contribution in [3.8, 4) is 22.4 Å². The first kappa shape index (κ1) is 35.0. The van der Waals surface area contributed by atoms with Crippen molar-refractivity contribution in [2.45, 2.75) is 77.6 Å². The molecule has 1 aliphatic heterocycles. The Morgan fingerprint density at radius 2 is 1.47 bits per heavy atom. The maximum absolute atomic E-state index is 6.41. The number of fused-ring (bicyclic) bond motifs is 1. The number of allylic oxidation sites excluding steroid dienone is 1. The second kappa shape index (κ2) is 15.3. The molecule has 0 unspecified atom stereocenters. The third-order valence-corrected chi connectivity index (χ3v) is 12.0. The van der Waals surface area contributed by atoms with Gasteiger partial charge < -0.3 is 19.3 Å². The van der Waals surface area contributed by atoms with Crippen LogP contribution in [0.15, 0.2) is 61.4 Å². The van der Waals surface area contributed by atoms with Crippen molar-refractivity contribution in [3.05, 3.63) is 67.0 Å². The Morgan fingerprint density at radius 3 is 2.02 bits per heavy atom. The first-order chi connectivity index (χ1) is 22.4. The predicted molar refractivity (Wildman–Crippen MR) is 203 cm³/mol. The number of pyridine rings is 1. The van der Waals surface area contributed by atoms with E-state index >= 15 is 0 Å². The second-order valence-electron chi connectivity index (χ2n) is 15.3. The molecule has 0 N–H and O–H groups in total. The SMILES string of the molecule is C=C(C)c1c(N2CCCCC2)nc2c(-c3ccc(-c4ccccc4)nc3)cnn2c1N(COCC[Si](C)(C)C)COCC[Si](C)(C)C. The van der Waals surface area contributed by atoms with Gasteiger partial charge in [0.25, 0.3) is 0 Å². The van der Waals surface area contributed by atoms with E-state index in [1.54, 1.807) is 0 Å². The molecule has 1 fully saturated rings. The van der Waals surface area contributed by atoms with Crippen molar-refractivity contribution in [1.29, 1.82) is 0 Å². The van der Waals surface area contributed by atoms with Gasteiger partial charge in [0.2, 0.25) is 0 Å². The zero-order valence-corrected chi connectivity index (χ0v) is 31.7. The van der Waals surface area contributed by atoms with Crippen LogP contribution in [0.4, 0.5) is 11.6 Å². The van der Waals surface area contributed by atoms with Crippen molar-refractivity contribution in [3.63, 3.8) is 0 Å². The smallest absolute Gasteiger partial charge is 0.167 e. The topological polar surface area (TPSA) is 68.0 Å². The highest BCUT2D eigenvalue weighted by atomic mass is 28.3. The molecule has 5 rings (SSSR count). The molecule has 0 spiro atoms. The van der Waals surface area contributed by atoms with Crippen molar-refractivity contribution < 1.29 is 9.47 Å². The lowest BCUT2D eigenvalue weighted by Crippen LogP contribution is -2.36. The van der Waals surface area contributed by atoms with E-state index in [0.29, 0.717) is 13.5 Å². The lowest BCUT2D eigenvalue weighted by Gasteiger charge is -2.33. The van der Waals surface area contributed by atoms with Gasteiger partial charge in [-0.3, -0.25) is 4.98 Å². The minimum atomic E-state index is -1.25. The number of piperidine rings is 1. The molecule has 0 atom stereocenters. The van der Waals surface area contributed by atoms with Crippen LogP contribution in [0.5, 0.6) is 0 Å². The summed E-state index contributed by atoms with van der Waals surface area (Å²) in [6.07, 6.45) is 7.40. The Kier molecular flexibility index (Phi) is 11.4. The number of nitrogens with zero attached hydrogens (tertiary/aromatic N) is 6. The Balaban J connectivity index is 1.60. The average Bonchev–Trinajstić information content (AvgIpc) is 3.47. The van der Waals surface area contributed by atoms with Gasteiger partial charge in [-0.1, -0.05) is 82.3 Å². The van der Waals surface area contributed by atoms with Crippen LogP contribution in [0, 0.1) is 0 Å². The lowest BCUT2D eigenvalue weighted by molar-refractivity contribution is 0.0942. The van der Waals surface area contributed by atoms with Crippen LogP contribution in [-0.4, -0.2) is 75.5 Å². The molecule has 0 amide bonds. The normalized spacial score (nSPS) is 14.1. The second-order valence-corrected chi connectivity index (χ2v) is 26.5. The molecular weight excluding hydrogens is 617 g/mol. The van der Waals surface area contributed by atoms with Gasteiger partial charge in [0, 0.05) is 65.3 Å². The van der Waals surface area contributed by atoms with E-state index in [1.807, 2.05) is 35.1 Å². The van der Waals surface area contributed by atoms with Gasteiger partial charge in [-0.2, -0.15) is 9.61 Å². The molecule has 4 heterocycles. The molecule has 0 aliphatic carbocycles. The van der Waals surface area contributed by atoms with Crippen molar-refractivity contribution >= 4 is 39.0 Å². The highest BCUT2D eigenvalue weighted by Crippen LogP contribution is 2.38. The molecule has 3 aromatic heterocycles. The fourth-order valence-electron chi connectivity index (χ4n) is 5.78. The van der Waals surface area contributed by atoms with Crippen molar-refractivity contribution in [1.82, 2.24) is 19.6 Å². The zero-order chi connectivity index (χ0) is 33.6. The van der Waals surface area contributed by atoms with E-state index in [-0.39, 0.29) is 0 Å². The average molecular weight is 671 g/mol. The first-order valence-corrected chi connectivity index (χ1v) is 24.6. The standard InChI is InChI=1S/C37H54N6O2Si2/c1-29(2)34-36(41-19-13-10-14-20-41)40-35-32(31-17-18-33(38-25-31)30-15-11-9-12-16-30)26-39-43(35)37(34)42(27-44-21-23-46(3,4)5)28-45-22-24-47(6,7)8/h9,11-12,15-18,25-26H,1,10,13-14,19-24,27-28H2,2-8H3. The maximum Gasteiger partial charge on any atom is 0.167 e. The molecule has 0 saturated carbocycles. The summed E-state index contributed by atoms with van der Waals surface area (Å²) >= 11 is 0. The van der Waals surface area contributed by atoms with Crippen LogP contribution in [0.1, 0.15) is 31.7 Å². The van der Waals surface area contributed by atoms with E-state index in [2.05, 4.69) is 86.9 Å². The molecule has 252 valence electrons. The van der Waals surface area contributed by atoms with E-state index in [1.165, 1.54) is 6.42 Å². The maximum atomic E-state index is 6.41. The molecule has 10 heteroatoms. The van der Waals surface area contributed by atoms with Gasteiger partial charge in [0.1, 0.15) is 25.1 Å². The summed E-state index contributed by atoms with van der Waals surface area (Å²) in [6, 6.07) is 16.7. The zero-order valence-electron chi connectivity index (χ0n) is 29.7. The van der Waals surface area contributed by atoms with Crippen LogP contribution < -0.4 is 9.80 Å². The van der Waals surface area contributed by atoms with Gasteiger partial charge >= 0.3 is 0 Å². The molecular formula is C37H54N6O2Si2. The summed E-state index contributed by atoms with van der Waals surface area (Å²) in [7, 11) is -2.50. The fourth-order valence-corrected chi connectivity index (χ4v) is 7.29. The van der Waals surface area contributed by atoms with Crippen LogP contribution in [0.25, 0.3) is 33.6 Å². The lowest BCUT2D eigenvalue weighted by atomic mass is 10.1. The molecule has 0 radical (unpaired) electrons. The molecule has 4 aromatic rings. The number of hydrogen-bond acceptors (Lipinski definition) is 7. The Labute approximate surface area is 283 Å². The predicted octanol–water partition coefficient (Wildman–Crippen LogP) is 8.91. The van der Waals surface area contributed by atoms with Gasteiger partial charge in [-0.25, -0.2) is 4.98 Å². The number of ether oxygens (including phenoxy) is 2. The molecule has 47 heavy (non-hydrogen) atoms. The van der Waals surface area contributed by atoms with Crippen molar-refractivity contribution in [2.24, 2.45) is 0 Å². The van der Waals surface area contributed by atoms with Gasteiger partial charge in [0.15, 0.2) is 5.65 Å². The summed E-state index contributed by atoms with van der Waals surface area (Å²) in [6.45, 7) is 25.1. The third-order valence-electron chi connectivity index (χ3n) is 8.62. The minimum Gasteiger partial charge on any atom is -0.361 e. The fraction of sp³-hybridized carbons (Fsp3) is 0.486. The summed E-state index contributed by atoms with van der Waals surface area (Å²) in [4.78, 5) is 14.8. The first-order valence-electron chi connectivity index (χ1n) is 17.2. The van der Waals surface area contributed by atoms with E-state index in [4.69, 9.17) is 24.5 Å². The Morgan fingerprint density at radius 1 is 0.830 bits per heavy atom. The summed E-state index contributed by atoms with van der Waals surface area (Å²) < 4.78 is 14.8. The number of benzene rings is 1. The number of aromatic nitrogens is 4. The Bertz CT molecular complexity index is 1600. The van der Waals surface area contributed by atoms with E-state index in [0.717, 1.165) is 102 Å². The summed E-state index contributed by atoms with van der Waals surface area (Å²) in [5.74, 6) is 1.88. The number of anilines is 2. The monoisotopic (exact) mass is 670 g/mol. The number of hydrogen-bond donors (Lipinski definition) is 0. The molecule has 8 nitrogen and oxygen atoms in total. The van der Waals surface area contributed by atoms with Gasteiger partial charge in [-0.15, -0.1) is 0 Å². The van der Waals surface area contributed by atoms with Gasteiger partial charge in [-0.05, 0) is 49.9 Å².